The second-order valence-corrected chi connectivity index (χ2v) is 6.33. The fraction of sp³-hybridized carbons (Fsp3) is 0.333. The van der Waals surface area contributed by atoms with E-state index in [1.54, 1.807) is 16.9 Å². The van der Waals surface area contributed by atoms with Crippen LogP contribution in [-0.4, -0.2) is 22.3 Å². The van der Waals surface area contributed by atoms with Crippen molar-refractivity contribution in [2.24, 2.45) is 5.92 Å². The molecular formula is C15H18IN3O2. The van der Waals surface area contributed by atoms with Gasteiger partial charge in [0.15, 0.2) is 6.61 Å². The Morgan fingerprint density at radius 3 is 2.71 bits per heavy atom. The SMILES string of the molecule is CC(C)Cn1nccc1NC(=O)COc1ccc(I)cc1. The van der Waals surface area contributed by atoms with Gasteiger partial charge in [-0.25, -0.2) is 4.68 Å². The van der Waals surface area contributed by atoms with E-state index in [9.17, 15) is 4.79 Å². The Hall–Kier alpha value is -1.57. The molecule has 0 saturated carbocycles. The lowest BCUT2D eigenvalue weighted by Gasteiger charge is -2.11. The molecule has 6 heteroatoms. The Bertz CT molecular complexity index is 593. The lowest BCUT2D eigenvalue weighted by atomic mass is 10.2. The van der Waals surface area contributed by atoms with Crippen LogP contribution in [0.5, 0.6) is 5.75 Å². The van der Waals surface area contributed by atoms with Crippen LogP contribution in [0, 0.1) is 9.49 Å². The van der Waals surface area contributed by atoms with Crippen LogP contribution in [0.2, 0.25) is 0 Å². The summed E-state index contributed by atoms with van der Waals surface area (Å²) < 4.78 is 8.36. The Labute approximate surface area is 137 Å². The van der Waals surface area contributed by atoms with Crippen LogP contribution in [0.15, 0.2) is 36.5 Å². The summed E-state index contributed by atoms with van der Waals surface area (Å²) in [6.45, 7) is 4.95. The van der Waals surface area contributed by atoms with Crippen LogP contribution in [0.25, 0.3) is 0 Å². The van der Waals surface area contributed by atoms with E-state index >= 15 is 0 Å². The summed E-state index contributed by atoms with van der Waals surface area (Å²) in [6, 6.07) is 9.35. The first-order chi connectivity index (χ1) is 10.0. The van der Waals surface area contributed by atoms with Gasteiger partial charge in [-0.2, -0.15) is 5.10 Å². The molecule has 0 aliphatic heterocycles. The van der Waals surface area contributed by atoms with E-state index in [-0.39, 0.29) is 12.5 Å². The Kier molecular flexibility index (Phi) is 5.60. The van der Waals surface area contributed by atoms with Gasteiger partial charge in [-0.3, -0.25) is 4.79 Å². The predicted molar refractivity (Wildman–Crippen MR) is 90.3 cm³/mol. The highest BCUT2D eigenvalue weighted by Gasteiger charge is 2.09. The van der Waals surface area contributed by atoms with E-state index in [2.05, 4.69) is 46.9 Å². The monoisotopic (exact) mass is 399 g/mol. The minimum absolute atomic E-state index is 0.0204. The smallest absolute Gasteiger partial charge is 0.263 e. The maximum absolute atomic E-state index is 11.9. The normalized spacial score (nSPS) is 10.7. The number of rotatable bonds is 6. The van der Waals surface area contributed by atoms with Crippen molar-refractivity contribution in [1.82, 2.24) is 9.78 Å². The molecular weight excluding hydrogens is 381 g/mol. The molecule has 0 atom stereocenters. The molecule has 0 aliphatic rings. The minimum atomic E-state index is -0.195. The van der Waals surface area contributed by atoms with Gasteiger partial charge in [-0.15, -0.1) is 0 Å². The molecule has 1 N–H and O–H groups in total. The zero-order chi connectivity index (χ0) is 15.2. The van der Waals surface area contributed by atoms with E-state index in [4.69, 9.17) is 4.74 Å². The van der Waals surface area contributed by atoms with Crippen molar-refractivity contribution in [3.63, 3.8) is 0 Å². The van der Waals surface area contributed by atoms with Gasteiger partial charge in [-0.05, 0) is 52.8 Å². The zero-order valence-electron chi connectivity index (χ0n) is 12.0. The number of ether oxygens (including phenoxy) is 1. The fourth-order valence-corrected chi connectivity index (χ4v) is 2.15. The van der Waals surface area contributed by atoms with Gasteiger partial charge < -0.3 is 10.1 Å². The maximum atomic E-state index is 11.9. The standard InChI is InChI=1S/C15H18IN3O2/c1-11(2)9-19-14(7-8-17-19)18-15(20)10-21-13-5-3-12(16)4-6-13/h3-8,11H,9-10H2,1-2H3,(H,18,20). The summed E-state index contributed by atoms with van der Waals surface area (Å²) >= 11 is 2.22. The lowest BCUT2D eigenvalue weighted by Crippen LogP contribution is -2.22. The molecule has 0 spiro atoms. The summed E-state index contributed by atoms with van der Waals surface area (Å²) in [5, 5.41) is 7.01. The van der Waals surface area contributed by atoms with Crippen molar-refractivity contribution in [2.75, 3.05) is 11.9 Å². The van der Waals surface area contributed by atoms with Crippen LogP contribution in [0.4, 0.5) is 5.82 Å². The average Bonchev–Trinajstić information content (AvgIpc) is 2.84. The topological polar surface area (TPSA) is 56.2 Å². The summed E-state index contributed by atoms with van der Waals surface area (Å²) in [6.07, 6.45) is 1.68. The fourth-order valence-electron chi connectivity index (χ4n) is 1.79. The number of carbonyl (C=O) groups excluding carboxylic acids is 1. The molecule has 1 heterocycles. The maximum Gasteiger partial charge on any atom is 0.263 e. The number of hydrogen-bond acceptors (Lipinski definition) is 3. The third kappa shape index (κ3) is 5.04. The number of benzene rings is 1. The summed E-state index contributed by atoms with van der Waals surface area (Å²) in [4.78, 5) is 11.9. The van der Waals surface area contributed by atoms with Crippen LogP contribution in [0.3, 0.4) is 0 Å². The molecule has 1 amide bonds. The molecule has 2 rings (SSSR count). The van der Waals surface area contributed by atoms with Gasteiger partial charge in [0.25, 0.3) is 5.91 Å². The molecule has 1 aromatic carbocycles. The van der Waals surface area contributed by atoms with Crippen LogP contribution >= 0.6 is 22.6 Å². The van der Waals surface area contributed by atoms with E-state index in [0.717, 1.165) is 10.1 Å². The van der Waals surface area contributed by atoms with Crippen LogP contribution in [-0.2, 0) is 11.3 Å². The number of aromatic nitrogens is 2. The molecule has 1 aromatic heterocycles. The lowest BCUT2D eigenvalue weighted by molar-refractivity contribution is -0.118. The second kappa shape index (κ2) is 7.44. The van der Waals surface area contributed by atoms with Crippen LogP contribution < -0.4 is 10.1 Å². The van der Waals surface area contributed by atoms with Gasteiger partial charge in [0.05, 0.1) is 6.20 Å². The number of carbonyl (C=O) groups is 1. The van der Waals surface area contributed by atoms with Gasteiger partial charge in [0, 0.05) is 16.2 Å². The number of anilines is 1. The van der Waals surface area contributed by atoms with Crippen molar-refractivity contribution in [2.45, 2.75) is 20.4 Å². The highest BCUT2D eigenvalue weighted by molar-refractivity contribution is 14.1. The third-order valence-corrected chi connectivity index (χ3v) is 3.42. The number of nitrogens with one attached hydrogen (secondary N) is 1. The molecule has 0 radical (unpaired) electrons. The predicted octanol–water partition coefficient (Wildman–Crippen LogP) is 3.16. The number of hydrogen-bond donors (Lipinski definition) is 1. The van der Waals surface area contributed by atoms with Gasteiger partial charge in [0.1, 0.15) is 11.6 Å². The minimum Gasteiger partial charge on any atom is -0.484 e. The largest absolute Gasteiger partial charge is 0.484 e. The van der Waals surface area contributed by atoms with Crippen molar-refractivity contribution in [3.8, 4) is 5.75 Å². The van der Waals surface area contributed by atoms with Crippen molar-refractivity contribution >= 4 is 34.3 Å². The number of amides is 1. The summed E-state index contributed by atoms with van der Waals surface area (Å²) in [5.41, 5.74) is 0. The van der Waals surface area contributed by atoms with Crippen molar-refractivity contribution in [1.29, 1.82) is 0 Å². The molecule has 0 aliphatic carbocycles. The van der Waals surface area contributed by atoms with Gasteiger partial charge >= 0.3 is 0 Å². The highest BCUT2D eigenvalue weighted by atomic mass is 127. The van der Waals surface area contributed by atoms with E-state index in [0.29, 0.717) is 17.5 Å². The third-order valence-electron chi connectivity index (χ3n) is 2.71. The average molecular weight is 399 g/mol. The quantitative estimate of drug-likeness (QED) is 0.760. The first kappa shape index (κ1) is 15.8. The number of halogens is 1. The first-order valence-electron chi connectivity index (χ1n) is 6.74. The van der Waals surface area contributed by atoms with Crippen LogP contribution in [0.1, 0.15) is 13.8 Å². The molecule has 0 bridgehead atoms. The zero-order valence-corrected chi connectivity index (χ0v) is 14.2. The Morgan fingerprint density at radius 2 is 2.05 bits per heavy atom. The first-order valence-corrected chi connectivity index (χ1v) is 7.82. The van der Waals surface area contributed by atoms with Crippen molar-refractivity contribution in [3.05, 3.63) is 40.1 Å². The second-order valence-electron chi connectivity index (χ2n) is 5.08. The molecule has 0 saturated heterocycles. The van der Waals surface area contributed by atoms with Crippen molar-refractivity contribution < 1.29 is 9.53 Å². The van der Waals surface area contributed by atoms with Gasteiger partial charge in [0.2, 0.25) is 0 Å². The van der Waals surface area contributed by atoms with E-state index in [1.165, 1.54) is 0 Å². The molecule has 112 valence electrons. The van der Waals surface area contributed by atoms with E-state index in [1.807, 2.05) is 24.3 Å². The molecule has 0 fully saturated rings. The molecule has 21 heavy (non-hydrogen) atoms. The molecule has 2 aromatic rings. The molecule has 5 nitrogen and oxygen atoms in total. The number of nitrogens with zero attached hydrogens (tertiary/aromatic N) is 2. The van der Waals surface area contributed by atoms with Gasteiger partial charge in [-0.1, -0.05) is 13.8 Å². The summed E-state index contributed by atoms with van der Waals surface area (Å²) in [5.74, 6) is 1.64. The molecule has 0 unspecified atom stereocenters. The Balaban J connectivity index is 1.87. The Morgan fingerprint density at radius 1 is 1.33 bits per heavy atom. The summed E-state index contributed by atoms with van der Waals surface area (Å²) in [7, 11) is 0. The highest BCUT2D eigenvalue weighted by Crippen LogP contribution is 2.14. The van der Waals surface area contributed by atoms with E-state index < -0.39 is 0 Å².